The normalized spacial score (nSPS) is 12.0. The molecule has 1 heterocycles. The van der Waals surface area contributed by atoms with Crippen molar-refractivity contribution in [3.05, 3.63) is 53.9 Å². The summed E-state index contributed by atoms with van der Waals surface area (Å²) in [5.74, 6) is 1.52. The zero-order valence-corrected chi connectivity index (χ0v) is 12.8. The molecule has 0 fully saturated rings. The number of rotatable bonds is 7. The van der Waals surface area contributed by atoms with Gasteiger partial charge < -0.3 is 14.8 Å². The SMILES string of the molecule is CNC(C)c1ccc(OCCc2ccccn2)c(OC)c1. The molecule has 0 aliphatic carbocycles. The molecule has 1 unspecified atom stereocenters. The van der Waals surface area contributed by atoms with Gasteiger partial charge in [0.25, 0.3) is 0 Å². The Balaban J connectivity index is 1.99. The number of methoxy groups -OCH3 is 1. The molecule has 0 saturated carbocycles. The van der Waals surface area contributed by atoms with E-state index < -0.39 is 0 Å². The Morgan fingerprint density at radius 3 is 2.71 bits per heavy atom. The van der Waals surface area contributed by atoms with Crippen molar-refractivity contribution >= 4 is 0 Å². The average molecular weight is 286 g/mol. The third-order valence-corrected chi connectivity index (χ3v) is 3.46. The lowest BCUT2D eigenvalue weighted by Gasteiger charge is -2.15. The van der Waals surface area contributed by atoms with Crippen molar-refractivity contribution in [3.63, 3.8) is 0 Å². The Labute approximate surface area is 126 Å². The molecule has 4 nitrogen and oxygen atoms in total. The third kappa shape index (κ3) is 4.20. The first kappa shape index (κ1) is 15.3. The van der Waals surface area contributed by atoms with Gasteiger partial charge in [-0.25, -0.2) is 0 Å². The highest BCUT2D eigenvalue weighted by Crippen LogP contribution is 2.30. The molecule has 1 atom stereocenters. The van der Waals surface area contributed by atoms with Crippen LogP contribution in [-0.4, -0.2) is 25.7 Å². The molecule has 0 amide bonds. The molecule has 2 rings (SSSR count). The zero-order valence-electron chi connectivity index (χ0n) is 12.8. The summed E-state index contributed by atoms with van der Waals surface area (Å²) in [7, 11) is 3.60. The first-order valence-corrected chi connectivity index (χ1v) is 7.12. The van der Waals surface area contributed by atoms with E-state index in [1.165, 1.54) is 5.56 Å². The molecule has 2 aromatic rings. The zero-order chi connectivity index (χ0) is 15.1. The molecule has 112 valence electrons. The highest BCUT2D eigenvalue weighted by Gasteiger charge is 2.09. The summed E-state index contributed by atoms with van der Waals surface area (Å²) < 4.78 is 11.2. The largest absolute Gasteiger partial charge is 0.493 e. The predicted molar refractivity (Wildman–Crippen MR) is 83.9 cm³/mol. The summed E-state index contributed by atoms with van der Waals surface area (Å²) in [6.45, 7) is 2.69. The van der Waals surface area contributed by atoms with Crippen LogP contribution in [0.1, 0.15) is 24.2 Å². The number of hydrogen-bond acceptors (Lipinski definition) is 4. The van der Waals surface area contributed by atoms with E-state index in [-0.39, 0.29) is 6.04 Å². The van der Waals surface area contributed by atoms with Crippen LogP contribution >= 0.6 is 0 Å². The molecule has 0 spiro atoms. The second kappa shape index (κ2) is 7.64. The van der Waals surface area contributed by atoms with Crippen molar-refractivity contribution in [1.29, 1.82) is 0 Å². The van der Waals surface area contributed by atoms with Gasteiger partial charge in [0, 0.05) is 24.4 Å². The van der Waals surface area contributed by atoms with Crippen LogP contribution in [0.5, 0.6) is 11.5 Å². The Morgan fingerprint density at radius 1 is 1.19 bits per heavy atom. The number of aromatic nitrogens is 1. The van der Waals surface area contributed by atoms with Crippen LogP contribution in [0.3, 0.4) is 0 Å². The molecule has 0 aliphatic heterocycles. The summed E-state index contributed by atoms with van der Waals surface area (Å²) in [6.07, 6.45) is 2.57. The van der Waals surface area contributed by atoms with Crippen LogP contribution in [0.25, 0.3) is 0 Å². The van der Waals surface area contributed by atoms with Crippen molar-refractivity contribution < 1.29 is 9.47 Å². The van der Waals surface area contributed by atoms with Gasteiger partial charge in [-0.15, -0.1) is 0 Å². The van der Waals surface area contributed by atoms with Crippen LogP contribution in [0.4, 0.5) is 0 Å². The van der Waals surface area contributed by atoms with Crippen LogP contribution in [0.15, 0.2) is 42.6 Å². The molecule has 0 bridgehead atoms. The Hall–Kier alpha value is -2.07. The van der Waals surface area contributed by atoms with Gasteiger partial charge in [0.2, 0.25) is 0 Å². The summed E-state index contributed by atoms with van der Waals surface area (Å²) >= 11 is 0. The second-order valence-corrected chi connectivity index (χ2v) is 4.84. The fraction of sp³-hybridized carbons (Fsp3) is 0.353. The monoisotopic (exact) mass is 286 g/mol. The molecular formula is C17H22N2O2. The molecule has 1 N–H and O–H groups in total. The van der Waals surface area contributed by atoms with Crippen LogP contribution in [-0.2, 0) is 6.42 Å². The minimum absolute atomic E-state index is 0.279. The standard InChI is InChI=1S/C17H22N2O2/c1-13(18-2)14-7-8-16(17(12-14)20-3)21-11-9-15-6-4-5-10-19-15/h4-8,10,12-13,18H,9,11H2,1-3H3. The van der Waals surface area contributed by atoms with Crippen molar-refractivity contribution in [1.82, 2.24) is 10.3 Å². The maximum absolute atomic E-state index is 5.81. The summed E-state index contributed by atoms with van der Waals surface area (Å²) in [4.78, 5) is 4.28. The fourth-order valence-corrected chi connectivity index (χ4v) is 2.05. The van der Waals surface area contributed by atoms with Gasteiger partial charge in [-0.3, -0.25) is 4.98 Å². The van der Waals surface area contributed by atoms with Crippen LogP contribution in [0, 0.1) is 0 Å². The van der Waals surface area contributed by atoms with Gasteiger partial charge >= 0.3 is 0 Å². The smallest absolute Gasteiger partial charge is 0.161 e. The molecular weight excluding hydrogens is 264 g/mol. The minimum atomic E-state index is 0.279. The molecule has 21 heavy (non-hydrogen) atoms. The highest BCUT2D eigenvalue weighted by atomic mass is 16.5. The number of ether oxygens (including phenoxy) is 2. The van der Waals surface area contributed by atoms with Crippen molar-refractivity contribution in [3.8, 4) is 11.5 Å². The molecule has 1 aromatic carbocycles. The Morgan fingerprint density at radius 2 is 2.05 bits per heavy atom. The second-order valence-electron chi connectivity index (χ2n) is 4.84. The lowest BCUT2D eigenvalue weighted by Crippen LogP contribution is -2.12. The number of nitrogens with zero attached hydrogens (tertiary/aromatic N) is 1. The lowest BCUT2D eigenvalue weighted by atomic mass is 10.1. The van der Waals surface area contributed by atoms with Gasteiger partial charge in [0.05, 0.1) is 13.7 Å². The topological polar surface area (TPSA) is 43.4 Å². The summed E-state index contributed by atoms with van der Waals surface area (Å²) in [5, 5.41) is 3.21. The number of benzene rings is 1. The first-order valence-electron chi connectivity index (χ1n) is 7.12. The molecule has 1 aromatic heterocycles. The van der Waals surface area contributed by atoms with Crippen molar-refractivity contribution in [2.75, 3.05) is 20.8 Å². The van der Waals surface area contributed by atoms with Gasteiger partial charge in [-0.1, -0.05) is 12.1 Å². The van der Waals surface area contributed by atoms with E-state index in [0.29, 0.717) is 6.61 Å². The summed E-state index contributed by atoms with van der Waals surface area (Å²) in [6, 6.07) is 12.2. The molecule has 0 aliphatic rings. The lowest BCUT2D eigenvalue weighted by molar-refractivity contribution is 0.296. The first-order chi connectivity index (χ1) is 10.2. The van der Waals surface area contributed by atoms with Crippen molar-refractivity contribution in [2.45, 2.75) is 19.4 Å². The van der Waals surface area contributed by atoms with E-state index in [4.69, 9.17) is 9.47 Å². The van der Waals surface area contributed by atoms with Gasteiger partial charge in [0.1, 0.15) is 0 Å². The predicted octanol–water partition coefficient (Wildman–Crippen LogP) is 2.99. The van der Waals surface area contributed by atoms with Crippen molar-refractivity contribution in [2.24, 2.45) is 0 Å². The Kier molecular flexibility index (Phi) is 5.58. The molecule has 0 saturated heterocycles. The van der Waals surface area contributed by atoms with Crippen LogP contribution in [0.2, 0.25) is 0 Å². The van der Waals surface area contributed by atoms with E-state index in [2.05, 4.69) is 23.3 Å². The van der Waals surface area contributed by atoms with E-state index >= 15 is 0 Å². The minimum Gasteiger partial charge on any atom is -0.493 e. The van der Waals surface area contributed by atoms with Gasteiger partial charge in [0.15, 0.2) is 11.5 Å². The quantitative estimate of drug-likeness (QED) is 0.849. The molecule has 0 radical (unpaired) electrons. The average Bonchev–Trinajstić information content (AvgIpc) is 2.55. The summed E-state index contributed by atoms with van der Waals surface area (Å²) in [5.41, 5.74) is 2.20. The maximum atomic E-state index is 5.81. The van der Waals surface area contributed by atoms with E-state index in [0.717, 1.165) is 23.6 Å². The number of hydrogen-bond donors (Lipinski definition) is 1. The van der Waals surface area contributed by atoms with Gasteiger partial charge in [-0.2, -0.15) is 0 Å². The number of nitrogens with one attached hydrogen (secondary N) is 1. The van der Waals surface area contributed by atoms with E-state index in [1.54, 1.807) is 13.3 Å². The van der Waals surface area contributed by atoms with E-state index in [9.17, 15) is 0 Å². The highest BCUT2D eigenvalue weighted by molar-refractivity contribution is 5.43. The van der Waals surface area contributed by atoms with E-state index in [1.807, 2.05) is 37.4 Å². The molecule has 4 heteroatoms. The van der Waals surface area contributed by atoms with Crippen LogP contribution < -0.4 is 14.8 Å². The van der Waals surface area contributed by atoms with Gasteiger partial charge in [-0.05, 0) is 43.8 Å². The fourth-order valence-electron chi connectivity index (χ4n) is 2.05. The number of pyridine rings is 1. The Bertz CT molecular complexity index is 558. The maximum Gasteiger partial charge on any atom is 0.161 e. The third-order valence-electron chi connectivity index (χ3n) is 3.46.